The van der Waals surface area contributed by atoms with Crippen molar-refractivity contribution in [2.75, 3.05) is 13.2 Å². The predicted molar refractivity (Wildman–Crippen MR) is 127 cm³/mol. The highest BCUT2D eigenvalue weighted by atomic mass is 32.1. The molecule has 2 aromatic heterocycles. The van der Waals surface area contributed by atoms with Crippen LogP contribution < -0.4 is 10.5 Å². The Morgan fingerprint density at radius 1 is 1.18 bits per heavy atom. The monoisotopic (exact) mass is 471 g/mol. The van der Waals surface area contributed by atoms with Crippen LogP contribution in [0.15, 0.2) is 12.3 Å². The van der Waals surface area contributed by atoms with Crippen LogP contribution in [0, 0.1) is 0 Å². The van der Waals surface area contributed by atoms with Crippen LogP contribution >= 0.6 is 11.3 Å². The molecule has 0 radical (unpaired) electrons. The summed E-state index contributed by atoms with van der Waals surface area (Å²) >= 11 is 1.72. The number of ether oxygens (including phenoxy) is 2. The summed E-state index contributed by atoms with van der Waals surface area (Å²) in [6, 6.07) is 3.89. The summed E-state index contributed by atoms with van der Waals surface area (Å²) in [7, 11) is 0. The maximum Gasteiger partial charge on any atom is 0.246 e. The lowest BCUT2D eigenvalue weighted by Gasteiger charge is -2.43. The number of hydrogen-bond donors (Lipinski definition) is 2. The van der Waals surface area contributed by atoms with Crippen molar-refractivity contribution < 1.29 is 19.4 Å². The number of amides is 1. The first-order valence-electron chi connectivity index (χ1n) is 12.5. The van der Waals surface area contributed by atoms with Gasteiger partial charge in [-0.3, -0.25) is 9.69 Å². The van der Waals surface area contributed by atoms with Crippen LogP contribution in [0.5, 0.6) is 5.75 Å². The predicted octanol–water partition coefficient (Wildman–Crippen LogP) is 3.12. The molecule has 1 amide bonds. The fourth-order valence-corrected chi connectivity index (χ4v) is 8.00. The highest BCUT2D eigenvalue weighted by Gasteiger charge is 2.42. The van der Waals surface area contributed by atoms with Crippen molar-refractivity contribution in [1.82, 2.24) is 9.88 Å². The molecular formula is C25H33N3O4S. The first kappa shape index (κ1) is 21.8. The molecule has 4 aliphatic rings. The molecule has 33 heavy (non-hydrogen) atoms. The van der Waals surface area contributed by atoms with Crippen molar-refractivity contribution in [1.29, 1.82) is 0 Å². The van der Waals surface area contributed by atoms with Crippen molar-refractivity contribution in [3.63, 3.8) is 0 Å². The number of morpholine rings is 1. The van der Waals surface area contributed by atoms with Gasteiger partial charge in [0.15, 0.2) is 0 Å². The number of primary amides is 1. The number of fused-ring (bicyclic) bond motifs is 5. The van der Waals surface area contributed by atoms with Crippen LogP contribution in [0.4, 0.5) is 0 Å². The number of aliphatic hydroxyl groups is 1. The van der Waals surface area contributed by atoms with Crippen LogP contribution in [0.2, 0.25) is 0 Å². The number of hydrogen-bond acceptors (Lipinski definition) is 7. The van der Waals surface area contributed by atoms with E-state index in [4.69, 9.17) is 15.2 Å². The summed E-state index contributed by atoms with van der Waals surface area (Å²) in [5.41, 5.74) is 6.55. The van der Waals surface area contributed by atoms with E-state index in [1.165, 1.54) is 36.1 Å². The van der Waals surface area contributed by atoms with Crippen LogP contribution in [-0.2, 0) is 16.0 Å². The normalized spacial score (nSPS) is 32.7. The van der Waals surface area contributed by atoms with Gasteiger partial charge in [0, 0.05) is 29.2 Å². The lowest BCUT2D eigenvalue weighted by molar-refractivity contribution is -0.126. The van der Waals surface area contributed by atoms with E-state index in [2.05, 4.69) is 9.88 Å². The average Bonchev–Trinajstić information content (AvgIpc) is 3.45. The van der Waals surface area contributed by atoms with Gasteiger partial charge in [0.2, 0.25) is 5.91 Å². The number of carbonyl (C=O) groups excluding carboxylic acids is 1. The molecule has 2 saturated heterocycles. The Bertz CT molecular complexity index is 1020. The Morgan fingerprint density at radius 2 is 1.91 bits per heavy atom. The number of aryl methyl sites for hydroxylation is 1. The molecule has 2 bridgehead atoms. The molecule has 4 atom stereocenters. The number of aromatic nitrogens is 1. The van der Waals surface area contributed by atoms with Gasteiger partial charge in [0.05, 0.1) is 24.7 Å². The molecule has 0 spiro atoms. The number of thiophene rings is 1. The Labute approximate surface area is 198 Å². The zero-order valence-electron chi connectivity index (χ0n) is 18.9. The van der Waals surface area contributed by atoms with Crippen molar-refractivity contribution >= 4 is 27.5 Å². The number of aliphatic hydroxyl groups excluding tert-OH is 1. The van der Waals surface area contributed by atoms with Crippen molar-refractivity contribution in [3.8, 4) is 5.75 Å². The molecule has 6 rings (SSSR count). The van der Waals surface area contributed by atoms with Gasteiger partial charge in [-0.25, -0.2) is 4.98 Å². The van der Waals surface area contributed by atoms with Gasteiger partial charge in [0.25, 0.3) is 0 Å². The third-order valence-corrected chi connectivity index (χ3v) is 9.46. The molecule has 1 saturated carbocycles. The van der Waals surface area contributed by atoms with E-state index in [-0.39, 0.29) is 12.0 Å². The number of nitrogens with two attached hydrogens (primary N) is 1. The van der Waals surface area contributed by atoms with Gasteiger partial charge in [0.1, 0.15) is 16.7 Å². The molecule has 3 fully saturated rings. The zero-order valence-corrected chi connectivity index (χ0v) is 19.8. The van der Waals surface area contributed by atoms with Crippen LogP contribution in [0.1, 0.15) is 67.7 Å². The first-order chi connectivity index (χ1) is 16.1. The number of rotatable bonds is 6. The van der Waals surface area contributed by atoms with E-state index >= 15 is 0 Å². The van der Waals surface area contributed by atoms with E-state index in [1.807, 2.05) is 12.3 Å². The van der Waals surface area contributed by atoms with Crippen molar-refractivity contribution in [3.05, 3.63) is 22.7 Å². The minimum Gasteiger partial charge on any atom is -0.490 e. The molecule has 178 valence electrons. The Balaban J connectivity index is 1.18. The minimum atomic E-state index is -1.11. The molecule has 3 N–H and O–H groups in total. The summed E-state index contributed by atoms with van der Waals surface area (Å²) in [5.74, 6) is 0.381. The Kier molecular flexibility index (Phi) is 5.81. The molecule has 2 aliphatic heterocycles. The van der Waals surface area contributed by atoms with E-state index in [1.54, 1.807) is 11.3 Å². The Morgan fingerprint density at radius 3 is 2.64 bits per heavy atom. The molecule has 2 aromatic rings. The fraction of sp³-hybridized carbons (Fsp3) is 0.680. The maximum absolute atomic E-state index is 11.4. The van der Waals surface area contributed by atoms with Gasteiger partial charge >= 0.3 is 0 Å². The zero-order chi connectivity index (χ0) is 22.5. The van der Waals surface area contributed by atoms with Gasteiger partial charge in [-0.05, 0) is 75.3 Å². The highest BCUT2D eigenvalue weighted by molar-refractivity contribution is 7.19. The molecule has 0 aromatic carbocycles. The molecule has 2 aliphatic carbocycles. The van der Waals surface area contributed by atoms with Gasteiger partial charge in [-0.1, -0.05) is 0 Å². The van der Waals surface area contributed by atoms with Gasteiger partial charge in [-0.15, -0.1) is 11.3 Å². The van der Waals surface area contributed by atoms with Gasteiger partial charge in [-0.2, -0.15) is 0 Å². The second kappa shape index (κ2) is 8.80. The number of carbonyl (C=O) groups is 1. The van der Waals surface area contributed by atoms with Gasteiger partial charge < -0.3 is 20.3 Å². The molecule has 4 heterocycles. The smallest absolute Gasteiger partial charge is 0.246 e. The number of nitrogens with zero attached hydrogens (tertiary/aromatic N) is 2. The quantitative estimate of drug-likeness (QED) is 0.672. The second-order valence-electron chi connectivity index (χ2n) is 10.2. The van der Waals surface area contributed by atoms with E-state index in [9.17, 15) is 9.90 Å². The standard InChI is InChI=1S/C25H33N3O4S/c26-24(30)19(29)11-14-1-8-21-22(14)23-20(9-10-27-25(23)33-21)32-18-6-4-15(5-7-18)28-16-2-3-17(28)13-31-12-16/h9-10,14-19,29H,1-8,11-13H2,(H2,26,30)/t14-,15-,16-,17+,18-,19+/m1/s1. The average molecular weight is 472 g/mol. The summed E-state index contributed by atoms with van der Waals surface area (Å²) in [6.07, 6.45) is 10.3. The minimum absolute atomic E-state index is 0.121. The maximum atomic E-state index is 11.4. The fourth-order valence-electron chi connectivity index (χ4n) is 6.75. The lowest BCUT2D eigenvalue weighted by atomic mass is 9.90. The third kappa shape index (κ3) is 3.95. The topological polar surface area (TPSA) is 97.9 Å². The Hall–Kier alpha value is -1.74. The third-order valence-electron chi connectivity index (χ3n) is 8.29. The summed E-state index contributed by atoms with van der Waals surface area (Å²) in [5, 5.41) is 11.2. The number of pyridine rings is 1. The second-order valence-corrected chi connectivity index (χ2v) is 11.3. The van der Waals surface area contributed by atoms with Crippen molar-refractivity contribution in [2.24, 2.45) is 5.73 Å². The van der Waals surface area contributed by atoms with Crippen LogP contribution in [-0.4, -0.2) is 64.4 Å². The molecule has 8 heteroatoms. The lowest BCUT2D eigenvalue weighted by Crippen LogP contribution is -2.52. The SMILES string of the molecule is NC(=O)[C@@H](O)C[C@H]1CCc2sc3nccc(O[C@H]4CC[C@H](N5[C@@H]6CC[C@H]5COC6)CC4)c3c21. The van der Waals surface area contributed by atoms with Crippen LogP contribution in [0.25, 0.3) is 10.2 Å². The summed E-state index contributed by atoms with van der Waals surface area (Å²) < 4.78 is 12.4. The largest absolute Gasteiger partial charge is 0.490 e. The van der Waals surface area contributed by atoms with E-state index in [0.29, 0.717) is 24.5 Å². The van der Waals surface area contributed by atoms with E-state index < -0.39 is 12.0 Å². The van der Waals surface area contributed by atoms with Crippen molar-refractivity contribution in [2.45, 2.75) is 94.0 Å². The van der Waals surface area contributed by atoms with Crippen LogP contribution in [0.3, 0.4) is 0 Å². The van der Waals surface area contributed by atoms with E-state index in [0.717, 1.165) is 54.9 Å². The molecule has 0 unspecified atom stereocenters. The highest BCUT2D eigenvalue weighted by Crippen LogP contribution is 2.48. The molecule has 7 nitrogen and oxygen atoms in total. The summed E-state index contributed by atoms with van der Waals surface area (Å²) in [4.78, 5) is 21.1. The molecular weight excluding hydrogens is 438 g/mol. The first-order valence-corrected chi connectivity index (χ1v) is 13.3. The summed E-state index contributed by atoms with van der Waals surface area (Å²) in [6.45, 7) is 1.80.